The van der Waals surface area contributed by atoms with Crippen molar-refractivity contribution in [1.82, 2.24) is 5.32 Å². The van der Waals surface area contributed by atoms with Gasteiger partial charge < -0.3 is 5.32 Å². The lowest BCUT2D eigenvalue weighted by Gasteiger charge is -2.25. The minimum atomic E-state index is -2.98. The van der Waals surface area contributed by atoms with Crippen LogP contribution in [0.5, 0.6) is 0 Å². The Kier molecular flexibility index (Phi) is 4.12. The van der Waals surface area contributed by atoms with Gasteiger partial charge in [0.25, 0.3) is 0 Å². The van der Waals surface area contributed by atoms with Crippen LogP contribution < -0.4 is 5.32 Å². The number of hydrogen-bond donors (Lipinski definition) is 1. The Morgan fingerprint density at radius 2 is 2.07 bits per heavy atom. The van der Waals surface area contributed by atoms with Gasteiger partial charge in [-0.1, -0.05) is 6.92 Å². The van der Waals surface area contributed by atoms with Crippen molar-refractivity contribution in [2.45, 2.75) is 43.2 Å². The molecule has 0 aromatic carbocycles. The van der Waals surface area contributed by atoms with Crippen molar-refractivity contribution in [3.05, 3.63) is 0 Å². The number of hydrogen-bond acceptors (Lipinski definition) is 4. The molecule has 1 aliphatic rings. The number of sulfone groups is 1. The fraction of sp³-hybridized carbons (Fsp3) is 1.00. The predicted octanol–water partition coefficient (Wildman–Crippen LogP) is 1.29. The van der Waals surface area contributed by atoms with E-state index in [2.05, 4.69) is 12.2 Å². The Bertz CT molecular complexity index is 311. The number of rotatable bonds is 4. The standard InChI is InChI=1S/C10H21NO2S2/c1-8-5-9(6-14-8)11-7-10(2,3)15(4,12)13/h8-9,11H,5-7H2,1-4H3. The van der Waals surface area contributed by atoms with Crippen molar-refractivity contribution >= 4 is 21.6 Å². The van der Waals surface area contributed by atoms with Gasteiger partial charge in [-0.15, -0.1) is 0 Å². The van der Waals surface area contributed by atoms with Crippen LogP contribution in [-0.4, -0.2) is 43.0 Å². The van der Waals surface area contributed by atoms with Gasteiger partial charge in [-0.2, -0.15) is 11.8 Å². The summed E-state index contributed by atoms with van der Waals surface area (Å²) in [6.07, 6.45) is 2.45. The summed E-state index contributed by atoms with van der Waals surface area (Å²) in [6.45, 7) is 6.32. The first-order chi connectivity index (χ1) is 6.72. The molecule has 5 heteroatoms. The average Bonchev–Trinajstić information content (AvgIpc) is 2.46. The third-order valence-electron chi connectivity index (χ3n) is 3.02. The van der Waals surface area contributed by atoms with Gasteiger partial charge in [-0.3, -0.25) is 0 Å². The van der Waals surface area contributed by atoms with Crippen molar-refractivity contribution in [3.63, 3.8) is 0 Å². The molecule has 2 unspecified atom stereocenters. The van der Waals surface area contributed by atoms with Gasteiger partial charge in [-0.25, -0.2) is 8.42 Å². The van der Waals surface area contributed by atoms with Crippen molar-refractivity contribution < 1.29 is 8.42 Å². The van der Waals surface area contributed by atoms with Gasteiger partial charge >= 0.3 is 0 Å². The first-order valence-electron chi connectivity index (χ1n) is 5.27. The summed E-state index contributed by atoms with van der Waals surface area (Å²) in [6, 6.07) is 0.478. The summed E-state index contributed by atoms with van der Waals surface area (Å²) in [7, 11) is -2.98. The molecule has 0 radical (unpaired) electrons. The van der Waals surface area contributed by atoms with E-state index in [4.69, 9.17) is 0 Å². The summed E-state index contributed by atoms with van der Waals surface area (Å²) in [5.74, 6) is 1.10. The lowest BCUT2D eigenvalue weighted by atomic mass is 10.1. The Hall–Kier alpha value is 0.260. The average molecular weight is 251 g/mol. The molecular weight excluding hydrogens is 230 g/mol. The highest BCUT2D eigenvalue weighted by Gasteiger charge is 2.31. The number of nitrogens with one attached hydrogen (secondary N) is 1. The van der Waals surface area contributed by atoms with Crippen LogP contribution in [0.3, 0.4) is 0 Å². The topological polar surface area (TPSA) is 46.2 Å². The second-order valence-electron chi connectivity index (χ2n) is 4.99. The Labute approximate surface area is 97.3 Å². The quantitative estimate of drug-likeness (QED) is 0.818. The summed E-state index contributed by atoms with van der Waals surface area (Å²) < 4.78 is 22.3. The molecule has 0 bridgehead atoms. The summed E-state index contributed by atoms with van der Waals surface area (Å²) in [5, 5.41) is 4.06. The maximum absolute atomic E-state index is 11.5. The van der Waals surface area contributed by atoms with E-state index in [1.807, 2.05) is 11.8 Å². The van der Waals surface area contributed by atoms with Crippen LogP contribution >= 0.6 is 11.8 Å². The molecule has 1 saturated heterocycles. The van der Waals surface area contributed by atoms with Crippen LogP contribution in [0.4, 0.5) is 0 Å². The molecule has 1 N–H and O–H groups in total. The highest BCUT2D eigenvalue weighted by Crippen LogP contribution is 2.26. The zero-order valence-electron chi connectivity index (χ0n) is 9.91. The van der Waals surface area contributed by atoms with E-state index in [0.29, 0.717) is 17.8 Å². The van der Waals surface area contributed by atoms with Crippen LogP contribution in [0.2, 0.25) is 0 Å². The van der Waals surface area contributed by atoms with Crippen LogP contribution in [0, 0.1) is 0 Å². The smallest absolute Gasteiger partial charge is 0.153 e. The maximum Gasteiger partial charge on any atom is 0.153 e. The van der Waals surface area contributed by atoms with Crippen molar-refractivity contribution in [3.8, 4) is 0 Å². The molecule has 0 aromatic rings. The van der Waals surface area contributed by atoms with Gasteiger partial charge in [0.2, 0.25) is 0 Å². The Morgan fingerprint density at radius 3 is 2.47 bits per heavy atom. The molecule has 1 heterocycles. The van der Waals surface area contributed by atoms with Crippen LogP contribution in [0.1, 0.15) is 27.2 Å². The van der Waals surface area contributed by atoms with Crippen LogP contribution in [0.25, 0.3) is 0 Å². The van der Waals surface area contributed by atoms with Gasteiger partial charge in [0.15, 0.2) is 9.84 Å². The van der Waals surface area contributed by atoms with Crippen LogP contribution in [-0.2, 0) is 9.84 Å². The van der Waals surface area contributed by atoms with E-state index < -0.39 is 14.6 Å². The third kappa shape index (κ3) is 3.64. The van der Waals surface area contributed by atoms with E-state index in [9.17, 15) is 8.42 Å². The van der Waals surface area contributed by atoms with Gasteiger partial charge in [-0.05, 0) is 20.3 Å². The predicted molar refractivity (Wildman–Crippen MR) is 67.3 cm³/mol. The molecule has 0 saturated carbocycles. The van der Waals surface area contributed by atoms with Crippen molar-refractivity contribution in [2.24, 2.45) is 0 Å². The van der Waals surface area contributed by atoms with E-state index in [1.54, 1.807) is 13.8 Å². The summed E-state index contributed by atoms with van der Waals surface area (Å²) >= 11 is 1.95. The zero-order chi connectivity index (χ0) is 11.7. The monoisotopic (exact) mass is 251 g/mol. The second kappa shape index (κ2) is 4.63. The Balaban J connectivity index is 2.43. The highest BCUT2D eigenvalue weighted by molar-refractivity contribution is 8.00. The van der Waals surface area contributed by atoms with E-state index in [-0.39, 0.29) is 0 Å². The molecular formula is C10H21NO2S2. The third-order valence-corrected chi connectivity index (χ3v) is 6.53. The molecule has 1 rings (SSSR count). The fourth-order valence-electron chi connectivity index (χ4n) is 1.48. The summed E-state index contributed by atoms with van der Waals surface area (Å²) in [5.41, 5.74) is 0. The molecule has 3 nitrogen and oxygen atoms in total. The molecule has 0 aromatic heterocycles. The largest absolute Gasteiger partial charge is 0.312 e. The molecule has 0 amide bonds. The molecule has 0 spiro atoms. The van der Waals surface area contributed by atoms with Gasteiger partial charge in [0.1, 0.15) is 0 Å². The van der Waals surface area contributed by atoms with Crippen molar-refractivity contribution in [2.75, 3.05) is 18.6 Å². The van der Waals surface area contributed by atoms with E-state index in [0.717, 1.165) is 12.2 Å². The molecule has 15 heavy (non-hydrogen) atoms. The first kappa shape index (κ1) is 13.3. The Morgan fingerprint density at radius 1 is 1.47 bits per heavy atom. The van der Waals surface area contributed by atoms with Crippen molar-refractivity contribution in [1.29, 1.82) is 0 Å². The minimum Gasteiger partial charge on any atom is -0.312 e. The first-order valence-corrected chi connectivity index (χ1v) is 8.21. The van der Waals surface area contributed by atoms with Crippen LogP contribution in [0.15, 0.2) is 0 Å². The lowest BCUT2D eigenvalue weighted by Crippen LogP contribution is -2.45. The fourth-order valence-corrected chi connectivity index (χ4v) is 3.01. The maximum atomic E-state index is 11.5. The molecule has 1 aliphatic heterocycles. The zero-order valence-corrected chi connectivity index (χ0v) is 11.5. The highest BCUT2D eigenvalue weighted by atomic mass is 32.2. The summed E-state index contributed by atoms with van der Waals surface area (Å²) in [4.78, 5) is 0. The van der Waals surface area contributed by atoms with E-state index >= 15 is 0 Å². The minimum absolute atomic E-state index is 0.478. The molecule has 2 atom stereocenters. The van der Waals surface area contributed by atoms with E-state index in [1.165, 1.54) is 6.26 Å². The molecule has 90 valence electrons. The van der Waals surface area contributed by atoms with Gasteiger partial charge in [0, 0.05) is 29.8 Å². The second-order valence-corrected chi connectivity index (χ2v) is 9.11. The number of thioether (sulfide) groups is 1. The lowest BCUT2D eigenvalue weighted by molar-refractivity contribution is 0.476. The molecule has 0 aliphatic carbocycles. The molecule has 1 fully saturated rings. The van der Waals surface area contributed by atoms with Gasteiger partial charge in [0.05, 0.1) is 4.75 Å². The normalized spacial score (nSPS) is 28.3. The SMILES string of the molecule is CC1CC(NCC(C)(C)S(C)(=O)=O)CS1.